The van der Waals surface area contributed by atoms with Crippen LogP contribution in [0.15, 0.2) is 89.8 Å². The maximum absolute atomic E-state index is 13.6. The molecule has 2 amide bonds. The molecular formula is C29H35N3O3S. The van der Waals surface area contributed by atoms with Crippen molar-refractivity contribution >= 4 is 23.6 Å². The summed E-state index contributed by atoms with van der Waals surface area (Å²) in [6.07, 6.45) is 0. The van der Waals surface area contributed by atoms with E-state index in [-0.39, 0.29) is 11.8 Å². The molecule has 0 aliphatic heterocycles. The lowest BCUT2D eigenvalue weighted by molar-refractivity contribution is -0.136. The fourth-order valence-corrected chi connectivity index (χ4v) is 4.50. The summed E-state index contributed by atoms with van der Waals surface area (Å²) in [6, 6.07) is 27.2. The number of thioether (sulfide) groups is 1. The van der Waals surface area contributed by atoms with Gasteiger partial charge in [-0.2, -0.15) is 0 Å². The molecule has 3 rings (SSSR count). The summed E-state index contributed by atoms with van der Waals surface area (Å²) in [5.74, 6) is 0.933. The summed E-state index contributed by atoms with van der Waals surface area (Å²) in [7, 11) is 3.97. The Morgan fingerprint density at radius 3 is 2.06 bits per heavy atom. The molecule has 0 bridgehead atoms. The molecule has 3 aromatic rings. The van der Waals surface area contributed by atoms with Gasteiger partial charge in [-0.05, 0) is 49.5 Å². The molecule has 0 saturated carbocycles. The van der Waals surface area contributed by atoms with E-state index in [1.54, 1.807) is 11.8 Å². The first-order chi connectivity index (χ1) is 17.4. The van der Waals surface area contributed by atoms with Crippen molar-refractivity contribution in [1.29, 1.82) is 0 Å². The topological polar surface area (TPSA) is 61.9 Å². The van der Waals surface area contributed by atoms with Gasteiger partial charge < -0.3 is 19.9 Å². The summed E-state index contributed by atoms with van der Waals surface area (Å²) in [5.41, 5.74) is 2.17. The first-order valence-electron chi connectivity index (χ1n) is 12.0. The normalized spacial score (nSPS) is 11.7. The Hall–Kier alpha value is -3.29. The smallest absolute Gasteiger partial charge is 0.246 e. The van der Waals surface area contributed by atoms with Crippen LogP contribution in [0.1, 0.15) is 18.1 Å². The predicted molar refractivity (Wildman–Crippen MR) is 146 cm³/mol. The van der Waals surface area contributed by atoms with Gasteiger partial charge in [-0.3, -0.25) is 9.59 Å². The fourth-order valence-electron chi connectivity index (χ4n) is 3.58. The molecule has 0 aliphatic carbocycles. The van der Waals surface area contributed by atoms with Crippen molar-refractivity contribution < 1.29 is 14.3 Å². The first-order valence-corrected chi connectivity index (χ1v) is 13.0. The minimum absolute atomic E-state index is 0.0776. The van der Waals surface area contributed by atoms with Gasteiger partial charge in [0.1, 0.15) is 18.4 Å². The Balaban J connectivity index is 1.62. The van der Waals surface area contributed by atoms with Crippen molar-refractivity contribution in [3.05, 3.63) is 96.1 Å². The molecule has 36 heavy (non-hydrogen) atoms. The number of carbonyl (C=O) groups excluding carboxylic acids is 2. The lowest BCUT2D eigenvalue weighted by Gasteiger charge is -2.29. The van der Waals surface area contributed by atoms with Crippen LogP contribution < -0.4 is 10.1 Å². The Kier molecular flexibility index (Phi) is 10.9. The first kappa shape index (κ1) is 27.3. The number of hydrogen-bond acceptors (Lipinski definition) is 5. The maximum Gasteiger partial charge on any atom is 0.246 e. The molecule has 0 spiro atoms. The molecule has 1 atom stereocenters. The molecule has 0 radical (unpaired) electrons. The van der Waals surface area contributed by atoms with E-state index in [0.29, 0.717) is 25.4 Å². The van der Waals surface area contributed by atoms with Gasteiger partial charge in [0.05, 0.1) is 0 Å². The van der Waals surface area contributed by atoms with Crippen LogP contribution in [-0.4, -0.2) is 60.6 Å². The Morgan fingerprint density at radius 2 is 1.47 bits per heavy atom. The number of rotatable bonds is 13. The van der Waals surface area contributed by atoms with Crippen LogP contribution in [0.2, 0.25) is 0 Å². The number of ether oxygens (including phenoxy) is 1. The summed E-state index contributed by atoms with van der Waals surface area (Å²) in [6.45, 7) is 3.78. The SMILES string of the molecule is CC(=O)NC(CSc1ccc(OCc2ccccc2)cc1)C(=O)N(CCN(C)C)Cc1ccccc1. The third-order valence-corrected chi connectivity index (χ3v) is 6.61. The Bertz CT molecular complexity index is 1080. The van der Waals surface area contributed by atoms with E-state index in [1.807, 2.05) is 104 Å². The highest BCUT2D eigenvalue weighted by atomic mass is 32.2. The van der Waals surface area contributed by atoms with Crippen LogP contribution in [0.25, 0.3) is 0 Å². The number of hydrogen-bond donors (Lipinski definition) is 1. The number of amides is 2. The number of benzene rings is 3. The van der Waals surface area contributed by atoms with Crippen LogP contribution in [0, 0.1) is 0 Å². The van der Waals surface area contributed by atoms with E-state index >= 15 is 0 Å². The lowest BCUT2D eigenvalue weighted by atomic mass is 10.2. The van der Waals surface area contributed by atoms with Crippen LogP contribution in [-0.2, 0) is 22.7 Å². The second-order valence-corrected chi connectivity index (χ2v) is 9.95. The largest absolute Gasteiger partial charge is 0.489 e. The van der Waals surface area contributed by atoms with Gasteiger partial charge in [0.15, 0.2) is 0 Å². The van der Waals surface area contributed by atoms with Crippen LogP contribution >= 0.6 is 11.8 Å². The minimum atomic E-state index is -0.618. The molecule has 3 aromatic carbocycles. The zero-order chi connectivity index (χ0) is 25.8. The van der Waals surface area contributed by atoms with E-state index in [2.05, 4.69) is 10.2 Å². The van der Waals surface area contributed by atoms with Gasteiger partial charge in [0.25, 0.3) is 0 Å². The molecule has 1 unspecified atom stereocenters. The zero-order valence-corrected chi connectivity index (χ0v) is 22.0. The molecule has 6 nitrogen and oxygen atoms in total. The quantitative estimate of drug-likeness (QED) is 0.348. The predicted octanol–water partition coefficient (Wildman–Crippen LogP) is 4.45. The molecule has 0 fully saturated rings. The lowest BCUT2D eigenvalue weighted by Crippen LogP contribution is -2.50. The fraction of sp³-hybridized carbons (Fsp3) is 0.310. The molecule has 0 aromatic heterocycles. The second-order valence-electron chi connectivity index (χ2n) is 8.86. The van der Waals surface area contributed by atoms with Crippen molar-refractivity contribution in [1.82, 2.24) is 15.1 Å². The van der Waals surface area contributed by atoms with E-state index in [4.69, 9.17) is 4.74 Å². The van der Waals surface area contributed by atoms with Crippen LogP contribution in [0.5, 0.6) is 5.75 Å². The van der Waals surface area contributed by atoms with Crippen molar-refractivity contribution in [2.24, 2.45) is 0 Å². The molecule has 1 N–H and O–H groups in total. The summed E-state index contributed by atoms with van der Waals surface area (Å²) < 4.78 is 5.87. The number of nitrogens with zero attached hydrogens (tertiary/aromatic N) is 2. The zero-order valence-electron chi connectivity index (χ0n) is 21.2. The van der Waals surface area contributed by atoms with Gasteiger partial charge in [-0.1, -0.05) is 60.7 Å². The summed E-state index contributed by atoms with van der Waals surface area (Å²) in [4.78, 5) is 30.4. The van der Waals surface area contributed by atoms with Gasteiger partial charge in [0.2, 0.25) is 11.8 Å². The Labute approximate surface area is 218 Å². The van der Waals surface area contributed by atoms with Gasteiger partial charge >= 0.3 is 0 Å². The minimum Gasteiger partial charge on any atom is -0.489 e. The number of likely N-dealkylation sites (N-methyl/N-ethyl adjacent to an activating group) is 1. The molecule has 0 heterocycles. The van der Waals surface area contributed by atoms with E-state index in [1.165, 1.54) is 6.92 Å². The van der Waals surface area contributed by atoms with E-state index < -0.39 is 6.04 Å². The van der Waals surface area contributed by atoms with Crippen LogP contribution in [0.4, 0.5) is 0 Å². The third kappa shape index (κ3) is 9.40. The molecule has 190 valence electrons. The second kappa shape index (κ2) is 14.3. The Morgan fingerprint density at radius 1 is 0.861 bits per heavy atom. The monoisotopic (exact) mass is 505 g/mol. The van der Waals surface area contributed by atoms with Crippen molar-refractivity contribution in [3.8, 4) is 5.75 Å². The summed E-state index contributed by atoms with van der Waals surface area (Å²) in [5, 5.41) is 2.86. The van der Waals surface area contributed by atoms with Gasteiger partial charge in [-0.25, -0.2) is 0 Å². The van der Waals surface area contributed by atoms with Gasteiger partial charge in [-0.15, -0.1) is 11.8 Å². The van der Waals surface area contributed by atoms with E-state index in [9.17, 15) is 9.59 Å². The molecule has 0 saturated heterocycles. The van der Waals surface area contributed by atoms with E-state index in [0.717, 1.165) is 28.3 Å². The molecule has 0 aliphatic rings. The molecular weight excluding hydrogens is 470 g/mol. The molecule has 7 heteroatoms. The highest BCUT2D eigenvalue weighted by Gasteiger charge is 2.25. The summed E-state index contributed by atoms with van der Waals surface area (Å²) >= 11 is 1.54. The maximum atomic E-state index is 13.6. The highest BCUT2D eigenvalue weighted by molar-refractivity contribution is 7.99. The van der Waals surface area contributed by atoms with Crippen molar-refractivity contribution in [3.63, 3.8) is 0 Å². The van der Waals surface area contributed by atoms with Crippen molar-refractivity contribution in [2.45, 2.75) is 31.0 Å². The highest BCUT2D eigenvalue weighted by Crippen LogP contribution is 2.23. The average Bonchev–Trinajstić information content (AvgIpc) is 2.89. The standard InChI is InChI=1S/C29H35N3O3S/c1-23(33)30-28(29(34)32(19-18-31(2)3)20-24-10-6-4-7-11-24)22-36-27-16-14-26(15-17-27)35-21-25-12-8-5-9-13-25/h4-17,28H,18-22H2,1-3H3,(H,30,33). The van der Waals surface area contributed by atoms with Crippen molar-refractivity contribution in [2.75, 3.05) is 32.9 Å². The number of carbonyl (C=O) groups is 2. The third-order valence-electron chi connectivity index (χ3n) is 5.51. The average molecular weight is 506 g/mol. The number of nitrogens with one attached hydrogen (secondary N) is 1. The van der Waals surface area contributed by atoms with Crippen LogP contribution in [0.3, 0.4) is 0 Å². The van der Waals surface area contributed by atoms with Gasteiger partial charge in [0, 0.05) is 37.2 Å².